The van der Waals surface area contributed by atoms with Gasteiger partial charge in [0.15, 0.2) is 9.84 Å². The smallest absolute Gasteiger partial charge is 0.154 e. The monoisotopic (exact) mass is 234 g/mol. The second-order valence-electron chi connectivity index (χ2n) is 4.49. The number of nitrogens with zero attached hydrogens (tertiary/aromatic N) is 1. The summed E-state index contributed by atoms with van der Waals surface area (Å²) in [4.78, 5) is 2.02. The minimum absolute atomic E-state index is 0.145. The fourth-order valence-electron chi connectivity index (χ4n) is 1.87. The van der Waals surface area contributed by atoms with Crippen LogP contribution in [0, 0.1) is 0 Å². The fraction of sp³-hybridized carbons (Fsp3) is 1.00. The lowest BCUT2D eigenvalue weighted by atomic mass is 10.2. The Morgan fingerprint density at radius 3 is 2.67 bits per heavy atom. The molecule has 1 saturated heterocycles. The normalized spacial score (nSPS) is 23.3. The first-order valence-corrected chi connectivity index (χ1v) is 7.31. The zero-order valence-corrected chi connectivity index (χ0v) is 10.5. The van der Waals surface area contributed by atoms with Crippen LogP contribution in [0.3, 0.4) is 0 Å². The molecule has 4 nitrogen and oxygen atoms in total. The van der Waals surface area contributed by atoms with Crippen molar-refractivity contribution in [2.75, 3.05) is 39.5 Å². The average molecular weight is 234 g/mol. The van der Waals surface area contributed by atoms with Crippen molar-refractivity contribution in [3.63, 3.8) is 0 Å². The maximum atomic E-state index is 11.9. The van der Waals surface area contributed by atoms with E-state index in [1.54, 1.807) is 0 Å². The Morgan fingerprint density at radius 1 is 1.40 bits per heavy atom. The van der Waals surface area contributed by atoms with E-state index in [1.165, 1.54) is 0 Å². The zero-order chi connectivity index (χ0) is 11.3. The molecule has 0 spiro atoms. The summed E-state index contributed by atoms with van der Waals surface area (Å²) in [6.07, 6.45) is 2.56. The Bertz CT molecular complexity index is 269. The molecule has 5 heteroatoms. The third-order valence-corrected chi connectivity index (χ3v) is 5.07. The van der Waals surface area contributed by atoms with Crippen molar-refractivity contribution in [3.05, 3.63) is 0 Å². The summed E-state index contributed by atoms with van der Waals surface area (Å²) in [5, 5.41) is 3.01. The van der Waals surface area contributed by atoms with Gasteiger partial charge in [-0.15, -0.1) is 0 Å². The Hall–Kier alpha value is -0.130. The van der Waals surface area contributed by atoms with Gasteiger partial charge in [-0.25, -0.2) is 8.42 Å². The fourth-order valence-corrected chi connectivity index (χ4v) is 3.64. The van der Waals surface area contributed by atoms with Crippen LogP contribution in [-0.2, 0) is 9.84 Å². The molecule has 0 bridgehead atoms. The highest BCUT2D eigenvalue weighted by Crippen LogP contribution is 2.13. The summed E-state index contributed by atoms with van der Waals surface area (Å²) in [6.45, 7) is 2.45. The minimum atomic E-state index is -2.87. The van der Waals surface area contributed by atoms with E-state index in [0.29, 0.717) is 12.3 Å². The molecule has 0 aromatic heterocycles. The predicted octanol–water partition coefficient (Wildman–Crippen LogP) is 0.105. The van der Waals surface area contributed by atoms with Crippen molar-refractivity contribution in [2.45, 2.75) is 24.5 Å². The highest BCUT2D eigenvalue weighted by Gasteiger charge is 2.26. The molecule has 1 heterocycles. The van der Waals surface area contributed by atoms with Crippen LogP contribution in [-0.4, -0.2) is 58.1 Å². The number of rotatable bonds is 5. The number of nitrogens with one attached hydrogen (secondary N) is 1. The van der Waals surface area contributed by atoms with Gasteiger partial charge in [-0.05, 0) is 46.4 Å². The molecular weight excluding hydrogens is 212 g/mol. The zero-order valence-electron chi connectivity index (χ0n) is 9.70. The Labute approximate surface area is 93.0 Å². The van der Waals surface area contributed by atoms with Gasteiger partial charge < -0.3 is 10.2 Å². The SMILES string of the molecule is CN(C)CCCS(=O)(=O)C1CCCNC1. The highest BCUT2D eigenvalue weighted by atomic mass is 32.2. The minimum Gasteiger partial charge on any atom is -0.315 e. The van der Waals surface area contributed by atoms with Crippen molar-refractivity contribution >= 4 is 9.84 Å². The van der Waals surface area contributed by atoms with E-state index in [9.17, 15) is 8.42 Å². The second kappa shape index (κ2) is 5.82. The number of piperidine rings is 1. The van der Waals surface area contributed by atoms with E-state index < -0.39 is 9.84 Å². The van der Waals surface area contributed by atoms with Crippen molar-refractivity contribution in [1.29, 1.82) is 0 Å². The molecule has 0 aromatic carbocycles. The lowest BCUT2D eigenvalue weighted by Crippen LogP contribution is -2.40. The van der Waals surface area contributed by atoms with Crippen LogP contribution < -0.4 is 5.32 Å². The van der Waals surface area contributed by atoms with Crippen molar-refractivity contribution in [3.8, 4) is 0 Å². The predicted molar refractivity (Wildman–Crippen MR) is 62.8 cm³/mol. The molecule has 1 rings (SSSR count). The highest BCUT2D eigenvalue weighted by molar-refractivity contribution is 7.92. The van der Waals surface area contributed by atoms with Gasteiger partial charge in [-0.2, -0.15) is 0 Å². The van der Waals surface area contributed by atoms with E-state index in [0.717, 1.165) is 32.4 Å². The quantitative estimate of drug-likeness (QED) is 0.733. The van der Waals surface area contributed by atoms with Crippen LogP contribution in [0.2, 0.25) is 0 Å². The molecule has 1 fully saturated rings. The third-order valence-electron chi connectivity index (χ3n) is 2.79. The van der Waals surface area contributed by atoms with E-state index in [2.05, 4.69) is 5.32 Å². The molecule has 0 radical (unpaired) electrons. The van der Waals surface area contributed by atoms with Crippen LogP contribution >= 0.6 is 0 Å². The van der Waals surface area contributed by atoms with Crippen LogP contribution in [0.4, 0.5) is 0 Å². The first-order valence-electron chi connectivity index (χ1n) is 5.59. The molecule has 1 unspecified atom stereocenters. The van der Waals surface area contributed by atoms with Gasteiger partial charge in [0, 0.05) is 6.54 Å². The molecule has 1 N–H and O–H groups in total. The van der Waals surface area contributed by atoms with Crippen LogP contribution in [0.5, 0.6) is 0 Å². The Kier molecular flexibility index (Phi) is 5.02. The second-order valence-corrected chi connectivity index (χ2v) is 6.89. The largest absolute Gasteiger partial charge is 0.315 e. The summed E-state index contributed by atoms with van der Waals surface area (Å²) in [6, 6.07) is 0. The van der Waals surface area contributed by atoms with Crippen molar-refractivity contribution in [2.24, 2.45) is 0 Å². The summed E-state index contributed by atoms with van der Waals surface area (Å²) in [5.41, 5.74) is 0. The Balaban J connectivity index is 2.36. The van der Waals surface area contributed by atoms with E-state index in [4.69, 9.17) is 0 Å². The number of hydrogen-bond acceptors (Lipinski definition) is 4. The molecule has 0 aliphatic carbocycles. The maximum Gasteiger partial charge on any atom is 0.154 e. The molecule has 15 heavy (non-hydrogen) atoms. The van der Waals surface area contributed by atoms with Gasteiger partial charge in [-0.3, -0.25) is 0 Å². The maximum absolute atomic E-state index is 11.9. The lowest BCUT2D eigenvalue weighted by Gasteiger charge is -2.23. The van der Waals surface area contributed by atoms with Crippen molar-refractivity contribution in [1.82, 2.24) is 10.2 Å². The van der Waals surface area contributed by atoms with E-state index in [1.807, 2.05) is 19.0 Å². The molecule has 0 aromatic rings. The Morgan fingerprint density at radius 2 is 2.13 bits per heavy atom. The molecule has 0 amide bonds. The van der Waals surface area contributed by atoms with Crippen LogP contribution in [0.1, 0.15) is 19.3 Å². The van der Waals surface area contributed by atoms with Gasteiger partial charge >= 0.3 is 0 Å². The molecular formula is C10H22N2O2S. The number of sulfone groups is 1. The van der Waals surface area contributed by atoms with Gasteiger partial charge in [0.05, 0.1) is 11.0 Å². The number of hydrogen-bond donors (Lipinski definition) is 1. The van der Waals surface area contributed by atoms with Gasteiger partial charge in [0.25, 0.3) is 0 Å². The van der Waals surface area contributed by atoms with Crippen LogP contribution in [0.15, 0.2) is 0 Å². The standard InChI is InChI=1S/C10H22N2O2S/c1-12(2)7-4-8-15(13,14)10-5-3-6-11-9-10/h10-11H,3-9H2,1-2H3. The molecule has 90 valence electrons. The average Bonchev–Trinajstić information content (AvgIpc) is 2.18. The summed E-state index contributed by atoms with van der Waals surface area (Å²) >= 11 is 0. The van der Waals surface area contributed by atoms with Crippen LogP contribution in [0.25, 0.3) is 0 Å². The molecule has 1 aliphatic rings. The molecule has 1 aliphatic heterocycles. The van der Waals surface area contributed by atoms with Gasteiger partial charge in [0.2, 0.25) is 0 Å². The third kappa shape index (κ3) is 4.49. The topological polar surface area (TPSA) is 49.4 Å². The van der Waals surface area contributed by atoms with Gasteiger partial charge in [0.1, 0.15) is 0 Å². The summed E-state index contributed by atoms with van der Waals surface area (Å²) in [7, 11) is 1.07. The van der Waals surface area contributed by atoms with Gasteiger partial charge in [-0.1, -0.05) is 0 Å². The summed E-state index contributed by atoms with van der Waals surface area (Å²) in [5.74, 6) is 0.331. The van der Waals surface area contributed by atoms with Crippen molar-refractivity contribution < 1.29 is 8.42 Å². The molecule has 1 atom stereocenters. The first-order chi connectivity index (χ1) is 7.02. The lowest BCUT2D eigenvalue weighted by molar-refractivity contribution is 0.407. The first kappa shape index (κ1) is 12.9. The van der Waals surface area contributed by atoms with E-state index in [-0.39, 0.29) is 5.25 Å². The summed E-state index contributed by atoms with van der Waals surface area (Å²) < 4.78 is 23.8. The molecule has 0 saturated carbocycles. The van der Waals surface area contributed by atoms with E-state index >= 15 is 0 Å².